The molecule has 3 amide bonds. The van der Waals surface area contributed by atoms with Crippen LogP contribution < -0.4 is 26.0 Å². The number of aliphatic hydroxyl groups is 1. The number of ether oxygens (including phenoxy) is 1. The number of β-lactam (4-membered cyclic amide) rings is 1. The Kier molecular flexibility index (Phi) is 12.1. The lowest BCUT2D eigenvalue weighted by molar-refractivity contribution is -0.142. The Morgan fingerprint density at radius 1 is 0.979 bits per heavy atom. The minimum Gasteiger partial charge on any atom is -0.484 e. The third-order valence-electron chi connectivity index (χ3n) is 7.40. The van der Waals surface area contributed by atoms with E-state index in [1.165, 1.54) is 65.2 Å². The molecule has 4 atom stereocenters. The summed E-state index contributed by atoms with van der Waals surface area (Å²) in [6, 6.07) is 15.8. The molecule has 6 N–H and O–H groups in total. The van der Waals surface area contributed by atoms with Crippen molar-refractivity contribution in [2.45, 2.75) is 42.7 Å². The number of halogens is 2. The van der Waals surface area contributed by atoms with Gasteiger partial charge in [-0.05, 0) is 85.5 Å². The summed E-state index contributed by atoms with van der Waals surface area (Å²) in [7, 11) is 0. The van der Waals surface area contributed by atoms with Crippen LogP contribution in [0, 0.1) is 11.6 Å². The van der Waals surface area contributed by atoms with Crippen LogP contribution in [0.5, 0.6) is 5.75 Å². The van der Waals surface area contributed by atoms with Crippen LogP contribution in [-0.2, 0) is 19.2 Å². The van der Waals surface area contributed by atoms with E-state index in [4.69, 9.17) is 11.9 Å². The molecule has 0 spiro atoms. The van der Waals surface area contributed by atoms with E-state index in [1.54, 1.807) is 24.3 Å². The van der Waals surface area contributed by atoms with Gasteiger partial charge in [-0.25, -0.2) is 13.6 Å². The fourth-order valence-corrected chi connectivity index (χ4v) is 6.22. The van der Waals surface area contributed by atoms with Crippen molar-refractivity contribution in [3.63, 3.8) is 0 Å². The quantitative estimate of drug-likeness (QED) is 0.107. The van der Waals surface area contributed by atoms with Gasteiger partial charge in [0.2, 0.25) is 11.8 Å². The van der Waals surface area contributed by atoms with E-state index in [0.29, 0.717) is 41.5 Å². The molecule has 1 heterocycles. The van der Waals surface area contributed by atoms with Crippen molar-refractivity contribution >= 4 is 41.1 Å². The predicted molar refractivity (Wildman–Crippen MR) is 172 cm³/mol. The maximum Gasteiger partial charge on any atom is 0.326 e. The number of thioether (sulfide) groups is 1. The average Bonchev–Trinajstić information content (AvgIpc) is 3.07. The summed E-state index contributed by atoms with van der Waals surface area (Å²) in [6.45, 7) is -0.874. The molecule has 1 saturated heterocycles. The monoisotopic (exact) mass is 671 g/mol. The number of carboxylic acid groups (broad SMARTS) is 1. The van der Waals surface area contributed by atoms with E-state index in [-0.39, 0.29) is 23.8 Å². The summed E-state index contributed by atoms with van der Waals surface area (Å²) in [4.78, 5) is 50.9. The number of amides is 3. The topological polar surface area (TPSA) is 171 Å². The van der Waals surface area contributed by atoms with Gasteiger partial charge in [0, 0.05) is 11.4 Å². The Bertz CT molecular complexity index is 1570. The van der Waals surface area contributed by atoms with Crippen LogP contribution in [-0.4, -0.2) is 70.6 Å². The van der Waals surface area contributed by atoms with E-state index in [0.717, 1.165) is 0 Å². The van der Waals surface area contributed by atoms with Crippen LogP contribution in [0.1, 0.15) is 42.5 Å². The van der Waals surface area contributed by atoms with Crippen LogP contribution in [0.3, 0.4) is 0 Å². The van der Waals surface area contributed by atoms with Crippen molar-refractivity contribution < 1.29 is 44.3 Å². The molecule has 11 nitrogen and oxygen atoms in total. The predicted octanol–water partition coefficient (Wildman–Crippen LogP) is 3.08. The Morgan fingerprint density at radius 3 is 2.23 bits per heavy atom. The third-order valence-corrected chi connectivity index (χ3v) is 8.73. The second kappa shape index (κ2) is 16.9. The average molecular weight is 672 g/mol. The summed E-state index contributed by atoms with van der Waals surface area (Å²) in [5, 5.41) is 22.0. The van der Waals surface area contributed by atoms with Gasteiger partial charge in [0.05, 0.1) is 18.7 Å². The van der Waals surface area contributed by atoms with Crippen molar-refractivity contribution in [2.24, 2.45) is 5.73 Å². The number of aliphatic carboxylic acids is 1. The minimum absolute atomic E-state index is 0.159. The summed E-state index contributed by atoms with van der Waals surface area (Å²) < 4.78 is 40.3. The van der Waals surface area contributed by atoms with E-state index in [1.807, 2.05) is 0 Å². The van der Waals surface area contributed by atoms with E-state index in [9.17, 15) is 38.2 Å². The number of aliphatic hydroxyl groups excluding tert-OH is 1. The van der Waals surface area contributed by atoms with E-state index in [2.05, 4.69) is 5.32 Å². The molecule has 3 aromatic carbocycles. The van der Waals surface area contributed by atoms with Gasteiger partial charge in [-0.15, -0.1) is 11.8 Å². The van der Waals surface area contributed by atoms with Gasteiger partial charge in [0.25, 0.3) is 5.91 Å². The number of anilines is 1. The first-order chi connectivity index (χ1) is 23.0. The number of nitrogens with one attached hydrogen (secondary N) is 2. The number of nitrogens with zero attached hydrogens (tertiary/aromatic N) is 1. The maximum atomic E-state index is 13.6. The molecule has 14 heteroatoms. The fraction of sp³-hybridized carbons (Fsp3) is 0.333. The number of carbonyl (C=O) groups is 4. The number of carbonyl (C=O) groups excluding carboxylic acids is 3. The van der Waals surface area contributed by atoms with Gasteiger partial charge < -0.3 is 36.2 Å². The van der Waals surface area contributed by atoms with Crippen molar-refractivity contribution in [2.75, 3.05) is 30.3 Å². The van der Waals surface area contributed by atoms with E-state index >= 15 is 0 Å². The molecule has 1 aliphatic rings. The second-order valence-electron chi connectivity index (χ2n) is 10.8. The number of benzene rings is 3. The summed E-state index contributed by atoms with van der Waals surface area (Å²) in [5.41, 5.74) is 7.11. The standard InChI is InChI=1S/C33H36F2N4O7S/c34-22-8-4-20(5-9-22)27(40)19-47-31-30(39(32(31)43)24-12-10-23(35)11-13-24)21-6-14-25(15-7-21)46-18-29(42)37-17-28(41)38-26(33(44)45)3-1-2-16-36/h4-15,26-27,30-31,40H,1-3,16-19,36H2,(H,37,42)(H,38,41)(H,44,45)/t26-,27-,30+,31+/m0/s1/i/hD. The molecule has 250 valence electrons. The molecule has 3 aromatic rings. The summed E-state index contributed by atoms with van der Waals surface area (Å²) in [5.74, 6) is -3.57. The van der Waals surface area contributed by atoms with Crippen LogP contribution in [0.15, 0.2) is 72.8 Å². The highest BCUT2D eigenvalue weighted by Crippen LogP contribution is 2.46. The van der Waals surface area contributed by atoms with Gasteiger partial charge in [-0.2, -0.15) is 0 Å². The highest BCUT2D eigenvalue weighted by Gasteiger charge is 2.49. The molecule has 4 rings (SSSR count). The lowest BCUT2D eigenvalue weighted by Crippen LogP contribution is -2.57. The highest BCUT2D eigenvalue weighted by atomic mass is 32.2. The molecular weight excluding hydrogens is 634 g/mol. The number of unbranched alkanes of at least 4 members (excludes halogenated alkanes) is 1. The molecule has 47 heavy (non-hydrogen) atoms. The Labute approximate surface area is 275 Å². The van der Waals surface area contributed by atoms with E-state index < -0.39 is 66.0 Å². The third kappa shape index (κ3) is 9.73. The maximum absolute atomic E-state index is 13.6. The van der Waals surface area contributed by atoms with Crippen molar-refractivity contribution in [3.05, 3.63) is 95.6 Å². The first-order valence-electron chi connectivity index (χ1n) is 15.3. The first-order valence-corrected chi connectivity index (χ1v) is 15.9. The molecule has 0 bridgehead atoms. The van der Waals surface area contributed by atoms with Crippen LogP contribution in [0.2, 0.25) is 1.41 Å². The van der Waals surface area contributed by atoms with Gasteiger partial charge in [0.1, 0.15) is 28.7 Å². The van der Waals surface area contributed by atoms with Crippen molar-refractivity contribution in [3.8, 4) is 5.75 Å². The number of carboxylic acids is 1. The zero-order chi connectivity index (χ0) is 34.8. The van der Waals surface area contributed by atoms with Gasteiger partial charge in [0.15, 0.2) is 8.02 Å². The highest BCUT2D eigenvalue weighted by molar-refractivity contribution is 8.00. The zero-order valence-corrected chi connectivity index (χ0v) is 26.1. The Morgan fingerprint density at radius 2 is 1.62 bits per heavy atom. The number of hydrogen-bond acceptors (Lipinski definition) is 8. The van der Waals surface area contributed by atoms with Crippen LogP contribution >= 0.6 is 11.8 Å². The Balaban J connectivity index is 1.36. The number of hydrogen-bond donors (Lipinski definition) is 5. The minimum atomic E-state index is -1.23. The zero-order valence-electron chi connectivity index (χ0n) is 26.3. The fourth-order valence-electron chi connectivity index (χ4n) is 4.92. The summed E-state index contributed by atoms with van der Waals surface area (Å²) >= 11 is 1.24. The molecule has 0 aliphatic carbocycles. The van der Waals surface area contributed by atoms with Crippen molar-refractivity contribution in [1.29, 1.82) is 0 Å². The molecule has 1 aliphatic heterocycles. The summed E-state index contributed by atoms with van der Waals surface area (Å²) in [6.07, 6.45) is 0.303. The van der Waals surface area contributed by atoms with Crippen molar-refractivity contribution in [1.82, 2.24) is 10.6 Å². The molecule has 1 fully saturated rings. The number of rotatable bonds is 17. The van der Waals surface area contributed by atoms with Crippen LogP contribution in [0.4, 0.5) is 14.5 Å². The number of nitrogens with two attached hydrogens (primary N) is 1. The lowest BCUT2D eigenvalue weighted by atomic mass is 9.92. The van der Waals surface area contributed by atoms with Gasteiger partial charge >= 0.3 is 5.97 Å². The smallest absolute Gasteiger partial charge is 0.326 e. The van der Waals surface area contributed by atoms with Gasteiger partial charge in [-0.3, -0.25) is 14.4 Å². The molecular formula is C33H36F2N4O7S. The van der Waals surface area contributed by atoms with Crippen LogP contribution in [0.25, 0.3) is 0 Å². The normalized spacial score (nSPS) is 17.2. The van der Waals surface area contributed by atoms with Gasteiger partial charge in [-0.1, -0.05) is 24.3 Å². The molecule has 0 unspecified atom stereocenters. The molecule has 0 radical (unpaired) electrons. The SMILES string of the molecule is [2H]N(CC(=O)N[C@@H](CCCCN)C(=O)O)C(=O)COc1ccc([C@@H]2[C@@H](SC[C@H](O)c3ccc(F)cc3)C(=O)N2c2ccc(F)cc2)cc1. The largest absolute Gasteiger partial charge is 0.484 e. The molecule has 0 aromatic heterocycles. The first kappa shape index (κ1) is 33.8. The molecule has 0 saturated carbocycles. The Hall–Kier alpha value is -4.53. The second-order valence-corrected chi connectivity index (χ2v) is 11.9. The lowest BCUT2D eigenvalue weighted by Gasteiger charge is -2.47.